The first-order valence-electron chi connectivity index (χ1n) is 13.9. The molecule has 0 aliphatic rings. The van der Waals surface area contributed by atoms with Crippen molar-refractivity contribution in [3.05, 3.63) is 24.0 Å². The van der Waals surface area contributed by atoms with Gasteiger partial charge in [-0.2, -0.15) is 0 Å². The van der Waals surface area contributed by atoms with E-state index in [0.29, 0.717) is 13.0 Å². The summed E-state index contributed by atoms with van der Waals surface area (Å²) in [6.07, 6.45) is 24.9. The number of rotatable bonds is 23. The quantitative estimate of drug-likeness (QED) is 0.121. The fourth-order valence-corrected chi connectivity index (χ4v) is 4.01. The van der Waals surface area contributed by atoms with Crippen LogP contribution in [0.25, 0.3) is 0 Å². The smallest absolute Gasteiger partial charge is 0.305 e. The summed E-state index contributed by atoms with van der Waals surface area (Å²) in [5, 5.41) is 0. The van der Waals surface area contributed by atoms with Crippen LogP contribution in [0.1, 0.15) is 135 Å². The number of carbonyl (C=O) groups excluding carboxylic acids is 1. The Hall–Kier alpha value is -1.58. The van der Waals surface area contributed by atoms with Gasteiger partial charge in [-0.25, -0.2) is 0 Å². The van der Waals surface area contributed by atoms with Crippen molar-refractivity contribution >= 4 is 5.97 Å². The molecule has 190 valence electrons. The van der Waals surface area contributed by atoms with E-state index in [4.69, 9.17) is 9.47 Å². The lowest BCUT2D eigenvalue weighted by Crippen LogP contribution is -2.05. The highest BCUT2D eigenvalue weighted by molar-refractivity contribution is 5.69. The van der Waals surface area contributed by atoms with Gasteiger partial charge >= 0.3 is 5.97 Å². The van der Waals surface area contributed by atoms with E-state index in [1.54, 1.807) is 6.20 Å². The molecular weight excluding hydrogens is 410 g/mol. The zero-order valence-corrected chi connectivity index (χ0v) is 21.8. The number of nitrogens with zero attached hydrogens (tertiary/aromatic N) is 1. The minimum atomic E-state index is -0.00491. The predicted molar refractivity (Wildman–Crippen MR) is 139 cm³/mol. The van der Waals surface area contributed by atoms with Gasteiger partial charge in [-0.1, -0.05) is 103 Å². The second kappa shape index (κ2) is 22.2. The van der Waals surface area contributed by atoms with Crippen LogP contribution >= 0.6 is 0 Å². The van der Waals surface area contributed by atoms with Gasteiger partial charge in [-0.15, -0.1) is 0 Å². The number of pyridine rings is 1. The first-order chi connectivity index (χ1) is 16.2. The minimum absolute atomic E-state index is 0.00491. The maximum atomic E-state index is 11.8. The average molecular weight is 462 g/mol. The summed E-state index contributed by atoms with van der Waals surface area (Å²) in [4.78, 5) is 16.1. The molecule has 0 aliphatic carbocycles. The summed E-state index contributed by atoms with van der Waals surface area (Å²) in [6, 6.07) is 3.96. The Morgan fingerprint density at radius 3 is 1.76 bits per heavy atom. The van der Waals surface area contributed by atoms with Crippen molar-refractivity contribution in [3.8, 4) is 5.75 Å². The van der Waals surface area contributed by atoms with E-state index < -0.39 is 0 Å². The van der Waals surface area contributed by atoms with Crippen molar-refractivity contribution in [2.75, 3.05) is 13.2 Å². The summed E-state index contributed by atoms with van der Waals surface area (Å²) >= 11 is 0. The molecule has 0 N–H and O–H groups in total. The Morgan fingerprint density at radius 2 is 1.21 bits per heavy atom. The van der Waals surface area contributed by atoms with Crippen LogP contribution in [0.2, 0.25) is 0 Å². The fraction of sp³-hybridized carbons (Fsp3) is 0.793. The average Bonchev–Trinajstić information content (AvgIpc) is 2.82. The highest BCUT2D eigenvalue weighted by atomic mass is 16.5. The van der Waals surface area contributed by atoms with Gasteiger partial charge in [0.2, 0.25) is 0 Å². The molecule has 1 aromatic heterocycles. The molecule has 4 nitrogen and oxygen atoms in total. The fourth-order valence-electron chi connectivity index (χ4n) is 4.01. The van der Waals surface area contributed by atoms with E-state index in [-0.39, 0.29) is 5.97 Å². The van der Waals surface area contributed by atoms with Crippen molar-refractivity contribution in [1.29, 1.82) is 0 Å². The molecule has 0 atom stereocenters. The van der Waals surface area contributed by atoms with Gasteiger partial charge in [0.1, 0.15) is 5.75 Å². The van der Waals surface area contributed by atoms with Crippen molar-refractivity contribution in [2.24, 2.45) is 0 Å². The monoisotopic (exact) mass is 461 g/mol. The number of hydrogen-bond donors (Lipinski definition) is 0. The molecule has 0 fully saturated rings. The Balaban J connectivity index is 1.75. The zero-order chi connectivity index (χ0) is 23.8. The lowest BCUT2D eigenvalue weighted by Gasteiger charge is -2.06. The topological polar surface area (TPSA) is 48.4 Å². The Labute approximate surface area is 204 Å². The van der Waals surface area contributed by atoms with E-state index in [1.165, 1.54) is 89.9 Å². The number of esters is 1. The zero-order valence-electron chi connectivity index (χ0n) is 21.8. The molecule has 33 heavy (non-hydrogen) atoms. The van der Waals surface area contributed by atoms with Crippen LogP contribution in [-0.2, 0) is 9.53 Å². The van der Waals surface area contributed by atoms with Crippen molar-refractivity contribution < 1.29 is 14.3 Å². The molecule has 0 aromatic carbocycles. The highest BCUT2D eigenvalue weighted by Crippen LogP contribution is 2.13. The molecule has 0 unspecified atom stereocenters. The van der Waals surface area contributed by atoms with Gasteiger partial charge in [0, 0.05) is 12.1 Å². The van der Waals surface area contributed by atoms with Gasteiger partial charge in [0.25, 0.3) is 0 Å². The first kappa shape index (κ1) is 29.5. The van der Waals surface area contributed by atoms with Crippen LogP contribution in [0.15, 0.2) is 18.3 Å². The largest absolute Gasteiger partial charge is 0.492 e. The van der Waals surface area contributed by atoms with E-state index in [1.807, 2.05) is 19.1 Å². The van der Waals surface area contributed by atoms with Gasteiger partial charge in [-0.3, -0.25) is 9.78 Å². The van der Waals surface area contributed by atoms with Gasteiger partial charge in [0.15, 0.2) is 0 Å². The predicted octanol–water partition coefficient (Wildman–Crippen LogP) is 8.74. The van der Waals surface area contributed by atoms with Crippen LogP contribution in [0.4, 0.5) is 0 Å². The first-order valence-corrected chi connectivity index (χ1v) is 13.9. The Morgan fingerprint density at radius 1 is 0.697 bits per heavy atom. The number of carbonyl (C=O) groups is 1. The molecule has 4 heteroatoms. The standard InChI is InChI=1S/C29H51NO3/c1-3-4-5-6-7-8-10-14-17-20-25-33-29(31)21-18-15-12-9-11-13-16-19-24-32-28-23-22-27(2)30-26-28/h22-23,26H,3-21,24-25H2,1-2H3. The van der Waals surface area contributed by atoms with E-state index in [9.17, 15) is 4.79 Å². The number of hydrogen-bond acceptors (Lipinski definition) is 4. The molecule has 1 heterocycles. The van der Waals surface area contributed by atoms with Crippen LogP contribution in [-0.4, -0.2) is 24.2 Å². The molecule has 0 bridgehead atoms. The molecular formula is C29H51NO3. The third-order valence-corrected chi connectivity index (χ3v) is 6.19. The van der Waals surface area contributed by atoms with Crippen LogP contribution in [0.3, 0.4) is 0 Å². The van der Waals surface area contributed by atoms with Crippen molar-refractivity contribution in [3.63, 3.8) is 0 Å². The summed E-state index contributed by atoms with van der Waals surface area (Å²) in [5.41, 5.74) is 1.02. The summed E-state index contributed by atoms with van der Waals surface area (Å²) in [7, 11) is 0. The molecule has 1 aromatic rings. The van der Waals surface area contributed by atoms with Gasteiger partial charge in [0.05, 0.1) is 19.4 Å². The van der Waals surface area contributed by atoms with Gasteiger partial charge < -0.3 is 9.47 Å². The molecule has 0 saturated heterocycles. The van der Waals surface area contributed by atoms with E-state index >= 15 is 0 Å². The van der Waals surface area contributed by atoms with Crippen molar-refractivity contribution in [2.45, 2.75) is 136 Å². The van der Waals surface area contributed by atoms with Crippen LogP contribution < -0.4 is 4.74 Å². The lowest BCUT2D eigenvalue weighted by molar-refractivity contribution is -0.143. The number of aromatic nitrogens is 1. The molecule has 0 aliphatic heterocycles. The molecule has 1 rings (SSSR count). The molecule has 0 radical (unpaired) electrons. The SMILES string of the molecule is CCCCCCCCCCCCOC(=O)CCCCCCCCCCOc1ccc(C)nc1. The maximum absolute atomic E-state index is 11.8. The molecule has 0 spiro atoms. The third kappa shape index (κ3) is 19.6. The van der Waals surface area contributed by atoms with Crippen LogP contribution in [0, 0.1) is 6.92 Å². The second-order valence-corrected chi connectivity index (χ2v) is 9.46. The number of ether oxygens (including phenoxy) is 2. The van der Waals surface area contributed by atoms with Crippen LogP contribution in [0.5, 0.6) is 5.75 Å². The normalized spacial score (nSPS) is 11.0. The minimum Gasteiger partial charge on any atom is -0.492 e. The summed E-state index contributed by atoms with van der Waals surface area (Å²) in [6.45, 7) is 5.63. The van der Waals surface area contributed by atoms with E-state index in [0.717, 1.165) is 43.7 Å². The lowest BCUT2D eigenvalue weighted by atomic mass is 10.1. The Kier molecular flexibility index (Phi) is 19.8. The summed E-state index contributed by atoms with van der Waals surface area (Å²) in [5.74, 6) is 0.859. The number of aryl methyl sites for hydroxylation is 1. The molecule has 0 amide bonds. The maximum Gasteiger partial charge on any atom is 0.305 e. The Bertz CT molecular complexity index is 558. The highest BCUT2D eigenvalue weighted by Gasteiger charge is 2.02. The van der Waals surface area contributed by atoms with E-state index in [2.05, 4.69) is 11.9 Å². The second-order valence-electron chi connectivity index (χ2n) is 9.46. The number of unbranched alkanes of at least 4 members (excludes halogenated alkanes) is 16. The van der Waals surface area contributed by atoms with Gasteiger partial charge in [-0.05, 0) is 38.3 Å². The van der Waals surface area contributed by atoms with Crippen molar-refractivity contribution in [1.82, 2.24) is 4.98 Å². The summed E-state index contributed by atoms with van der Waals surface area (Å²) < 4.78 is 11.1. The third-order valence-electron chi connectivity index (χ3n) is 6.19. The molecule has 0 saturated carbocycles.